The van der Waals surface area contributed by atoms with Gasteiger partial charge in [0, 0.05) is 31.4 Å². The van der Waals surface area contributed by atoms with Gasteiger partial charge >= 0.3 is 5.97 Å². The van der Waals surface area contributed by atoms with Gasteiger partial charge in [-0.1, -0.05) is 29.8 Å². The van der Waals surface area contributed by atoms with E-state index in [0.717, 1.165) is 29.0 Å². The Morgan fingerprint density at radius 3 is 2.60 bits per heavy atom. The molecule has 9 heteroatoms. The maximum Gasteiger partial charge on any atom is 0.370 e. The van der Waals surface area contributed by atoms with E-state index in [1.165, 1.54) is 17.3 Å². The number of anilines is 2. The van der Waals surface area contributed by atoms with Crippen molar-refractivity contribution in [1.29, 1.82) is 0 Å². The first-order valence-electron chi connectivity index (χ1n) is 11.3. The van der Waals surface area contributed by atoms with Gasteiger partial charge in [-0.3, -0.25) is 0 Å². The fourth-order valence-electron chi connectivity index (χ4n) is 3.66. The van der Waals surface area contributed by atoms with Gasteiger partial charge in [-0.2, -0.15) is 4.39 Å². The fourth-order valence-corrected chi connectivity index (χ4v) is 5.49. The van der Waals surface area contributed by atoms with Crippen molar-refractivity contribution in [2.75, 3.05) is 31.4 Å². The number of benzene rings is 2. The molecule has 6 nitrogen and oxygen atoms in total. The van der Waals surface area contributed by atoms with Gasteiger partial charge in [-0.25, -0.2) is 13.3 Å². The molecule has 188 valence electrons. The van der Waals surface area contributed by atoms with Crippen LogP contribution in [-0.2, 0) is 20.5 Å². The zero-order valence-electron chi connectivity index (χ0n) is 20.6. The van der Waals surface area contributed by atoms with Gasteiger partial charge in [0.2, 0.25) is 5.83 Å². The number of esters is 1. The Balaban J connectivity index is 2.10. The predicted octanol–water partition coefficient (Wildman–Crippen LogP) is 5.99. The van der Waals surface area contributed by atoms with E-state index < -0.39 is 22.8 Å². The molecule has 1 aliphatic heterocycles. The summed E-state index contributed by atoms with van der Waals surface area (Å²) < 4.78 is 39.9. The summed E-state index contributed by atoms with van der Waals surface area (Å²) in [7, 11) is 0.352. The molecule has 0 bridgehead atoms. The Labute approximate surface area is 213 Å². The van der Waals surface area contributed by atoms with Crippen LogP contribution in [0.1, 0.15) is 27.2 Å². The minimum Gasteiger partial charge on any atom is -0.461 e. The topological polar surface area (TPSA) is 59.1 Å². The average Bonchev–Trinajstić information content (AvgIpc) is 2.95. The van der Waals surface area contributed by atoms with Crippen LogP contribution in [0.15, 0.2) is 76.0 Å². The van der Waals surface area contributed by atoms with E-state index >= 15 is 0 Å². The third-order valence-electron chi connectivity index (χ3n) is 5.52. The first kappa shape index (κ1) is 27.0. The minimum absolute atomic E-state index is 0.0124. The molecule has 2 unspecified atom stereocenters. The molecule has 3 rings (SSSR count). The predicted molar refractivity (Wildman–Crippen MR) is 140 cm³/mol. The minimum atomic E-state index is -1.50. The quantitative estimate of drug-likeness (QED) is 0.141. The molecule has 0 spiro atoms. The summed E-state index contributed by atoms with van der Waals surface area (Å²) in [5, 5.41) is 0. The molecular formula is C26H31FN2O4S2. The number of hydrogen-bond acceptors (Lipinski definition) is 6. The lowest BCUT2D eigenvalue weighted by Crippen LogP contribution is -2.38. The Morgan fingerprint density at radius 2 is 1.97 bits per heavy atom. The lowest BCUT2D eigenvalue weighted by atomic mass is 10.1. The lowest BCUT2D eigenvalue weighted by molar-refractivity contribution is -0.140. The molecule has 2 aromatic rings. The summed E-state index contributed by atoms with van der Waals surface area (Å²) in [6.45, 7) is 6.39. The van der Waals surface area contributed by atoms with Crippen molar-refractivity contribution in [2.45, 2.75) is 43.0 Å². The normalized spacial score (nSPS) is 18.5. The molecule has 1 heterocycles. The molecule has 35 heavy (non-hydrogen) atoms. The van der Waals surface area contributed by atoms with E-state index in [4.69, 9.17) is 4.74 Å². The summed E-state index contributed by atoms with van der Waals surface area (Å²) >= 11 is 1.42. The Morgan fingerprint density at radius 1 is 1.26 bits per heavy atom. The number of allylic oxidation sites excluding steroid dienone is 1. The van der Waals surface area contributed by atoms with Crippen molar-refractivity contribution in [3.8, 4) is 5.75 Å². The Bertz CT molecular complexity index is 1130. The van der Waals surface area contributed by atoms with E-state index in [9.17, 15) is 13.4 Å². The molecule has 0 aromatic heterocycles. The highest BCUT2D eigenvalue weighted by Crippen LogP contribution is 2.42. The summed E-state index contributed by atoms with van der Waals surface area (Å²) in [5.41, 5.74) is 2.98. The number of halogens is 1. The van der Waals surface area contributed by atoms with E-state index in [1.807, 2.05) is 54.0 Å². The van der Waals surface area contributed by atoms with Crippen LogP contribution in [0, 0.1) is 0 Å². The Hall–Kier alpha value is -2.62. The van der Waals surface area contributed by atoms with Crippen LogP contribution in [0.2, 0.25) is 0 Å². The standard InChI is InChI=1S/C26H31FN2O4S2/c1-6-32-26(30)21(27)17-33-23-15-25-22(14-24(23)34-5)29(19-10-8-7-9-11-19)16-20(13-12-18(2)3)28(4)35(25)31/h7-12,14-15,17,20H,6,13,16H2,1-5H3/b21-17-. The number of carbonyl (C=O) groups is 1. The summed E-state index contributed by atoms with van der Waals surface area (Å²) in [5.74, 6) is -1.92. The molecular weight excluding hydrogens is 487 g/mol. The van der Waals surface area contributed by atoms with Gasteiger partial charge in [0.15, 0.2) is 0 Å². The molecule has 0 saturated heterocycles. The highest BCUT2D eigenvalue weighted by atomic mass is 32.2. The van der Waals surface area contributed by atoms with Crippen molar-refractivity contribution < 1.29 is 22.9 Å². The molecule has 1 aliphatic rings. The van der Waals surface area contributed by atoms with Crippen LogP contribution in [0.4, 0.5) is 15.8 Å². The first-order chi connectivity index (χ1) is 16.8. The number of fused-ring (bicyclic) bond motifs is 1. The van der Waals surface area contributed by atoms with Gasteiger partial charge in [0.25, 0.3) is 0 Å². The fraction of sp³-hybridized carbons (Fsp3) is 0.346. The summed E-state index contributed by atoms with van der Waals surface area (Å²) in [4.78, 5) is 15.1. The van der Waals surface area contributed by atoms with Gasteiger partial charge < -0.3 is 14.4 Å². The molecule has 0 fully saturated rings. The SMILES string of the molecule is CCOC(=O)/C(F)=C/Oc1cc2c(cc1SC)N(c1ccccc1)CC(CC=C(C)C)N(C)S2=O. The number of hydrogen-bond donors (Lipinski definition) is 0. The summed E-state index contributed by atoms with van der Waals surface area (Å²) in [6.07, 6.45) is 5.51. The number of likely N-dealkylation sites (N-methyl/N-ethyl adjacent to an activating group) is 1. The van der Waals surface area contributed by atoms with Crippen LogP contribution in [0.25, 0.3) is 0 Å². The second-order valence-electron chi connectivity index (χ2n) is 8.19. The van der Waals surface area contributed by atoms with Gasteiger partial charge in [-0.05, 0) is 51.6 Å². The summed E-state index contributed by atoms with van der Waals surface area (Å²) in [6, 6.07) is 13.5. The highest BCUT2D eigenvalue weighted by Gasteiger charge is 2.32. The second kappa shape index (κ2) is 12.4. The van der Waals surface area contributed by atoms with Crippen molar-refractivity contribution in [2.24, 2.45) is 0 Å². The van der Waals surface area contributed by atoms with E-state index in [-0.39, 0.29) is 12.6 Å². The molecule has 0 saturated carbocycles. The largest absolute Gasteiger partial charge is 0.461 e. The molecule has 0 N–H and O–H groups in total. The first-order valence-corrected chi connectivity index (χ1v) is 13.6. The van der Waals surface area contributed by atoms with Crippen molar-refractivity contribution in [3.63, 3.8) is 0 Å². The number of para-hydroxylation sites is 1. The molecule has 2 aromatic carbocycles. The van der Waals surface area contributed by atoms with Crippen LogP contribution in [0.5, 0.6) is 5.75 Å². The third-order valence-corrected chi connectivity index (χ3v) is 7.80. The number of rotatable bonds is 8. The Kier molecular flexibility index (Phi) is 9.54. The maximum atomic E-state index is 14.1. The number of ether oxygens (including phenoxy) is 2. The van der Waals surface area contributed by atoms with Gasteiger partial charge in [0.1, 0.15) is 23.0 Å². The van der Waals surface area contributed by atoms with E-state index in [2.05, 4.69) is 29.6 Å². The van der Waals surface area contributed by atoms with Gasteiger partial charge in [-0.15, -0.1) is 11.8 Å². The number of carbonyl (C=O) groups excluding carboxylic acids is 1. The zero-order chi connectivity index (χ0) is 25.5. The van der Waals surface area contributed by atoms with Gasteiger partial charge in [0.05, 0.1) is 22.1 Å². The highest BCUT2D eigenvalue weighted by molar-refractivity contribution is 7.98. The van der Waals surface area contributed by atoms with Crippen molar-refractivity contribution >= 4 is 40.1 Å². The molecule has 2 atom stereocenters. The van der Waals surface area contributed by atoms with E-state index in [0.29, 0.717) is 17.2 Å². The molecule has 0 amide bonds. The maximum absolute atomic E-state index is 14.1. The second-order valence-corrected chi connectivity index (χ2v) is 10.5. The molecule has 0 radical (unpaired) electrons. The average molecular weight is 519 g/mol. The van der Waals surface area contributed by atoms with Crippen LogP contribution < -0.4 is 9.64 Å². The monoisotopic (exact) mass is 518 g/mol. The van der Waals surface area contributed by atoms with Crippen molar-refractivity contribution in [3.05, 3.63) is 66.2 Å². The molecule has 0 aliphatic carbocycles. The smallest absolute Gasteiger partial charge is 0.370 e. The number of nitrogens with zero attached hydrogens (tertiary/aromatic N) is 2. The van der Waals surface area contributed by atoms with Crippen LogP contribution in [-0.4, -0.2) is 47.0 Å². The van der Waals surface area contributed by atoms with E-state index in [1.54, 1.807) is 13.0 Å². The van der Waals surface area contributed by atoms with Crippen molar-refractivity contribution in [1.82, 2.24) is 4.31 Å². The lowest BCUT2D eigenvalue weighted by Gasteiger charge is -2.29. The zero-order valence-corrected chi connectivity index (χ0v) is 22.2. The third kappa shape index (κ3) is 6.54. The van der Waals surface area contributed by atoms with Crippen LogP contribution >= 0.6 is 11.8 Å². The van der Waals surface area contributed by atoms with Crippen LogP contribution in [0.3, 0.4) is 0 Å². The number of thioether (sulfide) groups is 1.